The lowest BCUT2D eigenvalue weighted by atomic mass is 9.85. The van der Waals surface area contributed by atoms with E-state index in [1.54, 1.807) is 18.6 Å². The van der Waals surface area contributed by atoms with E-state index in [4.69, 9.17) is 0 Å². The number of anilines is 1. The summed E-state index contributed by atoms with van der Waals surface area (Å²) in [6.07, 6.45) is 10.1. The molecule has 180 valence electrons. The molecule has 1 aliphatic rings. The molecule has 37 heavy (non-hydrogen) atoms. The first-order valence-electron chi connectivity index (χ1n) is 12.4. The highest BCUT2D eigenvalue weighted by Crippen LogP contribution is 2.34. The third-order valence-electron chi connectivity index (χ3n) is 7.11. The predicted octanol–water partition coefficient (Wildman–Crippen LogP) is 5.97. The lowest BCUT2D eigenvalue weighted by Crippen LogP contribution is -2.28. The number of pyridine rings is 3. The summed E-state index contributed by atoms with van der Waals surface area (Å²) in [7, 11) is 0. The Hall–Kier alpha value is -4.85. The first kappa shape index (κ1) is 21.4. The minimum absolute atomic E-state index is 0.0789. The minimum Gasteiger partial charge on any atom is -0.338 e. The summed E-state index contributed by atoms with van der Waals surface area (Å²) in [5.41, 5.74) is 7.93. The van der Waals surface area contributed by atoms with Crippen LogP contribution in [0.3, 0.4) is 0 Å². The molecule has 0 spiro atoms. The van der Waals surface area contributed by atoms with Crippen molar-refractivity contribution in [2.45, 2.75) is 19.3 Å². The number of carbonyl (C=O) groups excluding carboxylic acids is 1. The summed E-state index contributed by atoms with van der Waals surface area (Å²) in [4.78, 5) is 29.3. The van der Waals surface area contributed by atoms with E-state index in [0.717, 1.165) is 75.0 Å². The Bertz CT molecular complexity index is 1770. The molecule has 0 radical (unpaired) electrons. The average molecular weight is 486 g/mol. The molecule has 1 aliphatic carbocycles. The maximum atomic E-state index is 12.4. The van der Waals surface area contributed by atoms with Gasteiger partial charge in [0.1, 0.15) is 11.3 Å². The third-order valence-corrected chi connectivity index (χ3v) is 7.11. The van der Waals surface area contributed by atoms with Gasteiger partial charge in [0.2, 0.25) is 5.91 Å². The fraction of sp³-hybridized carbons (Fsp3) is 0.138. The SMILES string of the molecule is O=C(Nc1cncc(-c2ccc3[nH]nc(-c4cc5c(-c6ccccn6)ccnc5[nH]4)c3c2)c1)C1CCC1. The zero-order chi connectivity index (χ0) is 24.8. The molecule has 1 saturated carbocycles. The van der Waals surface area contributed by atoms with E-state index >= 15 is 0 Å². The van der Waals surface area contributed by atoms with Crippen LogP contribution in [0.15, 0.2) is 79.4 Å². The molecule has 3 N–H and O–H groups in total. The maximum Gasteiger partial charge on any atom is 0.227 e. The molecule has 7 rings (SSSR count). The Morgan fingerprint density at radius 1 is 0.919 bits per heavy atom. The Morgan fingerprint density at radius 2 is 1.86 bits per heavy atom. The van der Waals surface area contributed by atoms with E-state index < -0.39 is 0 Å². The van der Waals surface area contributed by atoms with Crippen LogP contribution in [0.4, 0.5) is 5.69 Å². The molecule has 0 atom stereocenters. The molecule has 8 nitrogen and oxygen atoms in total. The molecule has 5 heterocycles. The number of rotatable bonds is 5. The topological polar surface area (TPSA) is 112 Å². The van der Waals surface area contributed by atoms with Crippen LogP contribution in [-0.4, -0.2) is 36.0 Å². The fourth-order valence-electron chi connectivity index (χ4n) is 4.88. The van der Waals surface area contributed by atoms with Gasteiger partial charge in [-0.1, -0.05) is 18.6 Å². The molecule has 0 unspecified atom stereocenters. The van der Waals surface area contributed by atoms with Crippen molar-refractivity contribution in [3.05, 3.63) is 79.4 Å². The van der Waals surface area contributed by atoms with Crippen LogP contribution in [0.2, 0.25) is 0 Å². The summed E-state index contributed by atoms with van der Waals surface area (Å²) in [5, 5.41) is 12.7. The van der Waals surface area contributed by atoms with Gasteiger partial charge < -0.3 is 10.3 Å². The number of hydrogen-bond acceptors (Lipinski definition) is 5. The van der Waals surface area contributed by atoms with E-state index in [2.05, 4.69) is 47.6 Å². The first-order valence-corrected chi connectivity index (χ1v) is 12.4. The van der Waals surface area contributed by atoms with Crippen molar-refractivity contribution in [2.75, 3.05) is 5.32 Å². The molecular formula is C29H23N7O. The van der Waals surface area contributed by atoms with E-state index in [0.29, 0.717) is 5.69 Å². The second-order valence-corrected chi connectivity index (χ2v) is 9.43. The van der Waals surface area contributed by atoms with Gasteiger partial charge in [-0.05, 0) is 60.9 Å². The maximum absolute atomic E-state index is 12.4. The standard InChI is InChI=1S/C29H23N7O/c37-29(17-4-3-5-17)33-20-12-19(15-30-16-20)18-7-8-25-23(13-18)27(36-35-25)26-14-22-21(9-11-32-28(22)34-26)24-6-1-2-10-31-24/h1-2,6-17H,3-5H2,(H,32,34)(H,33,37)(H,35,36). The number of amides is 1. The summed E-state index contributed by atoms with van der Waals surface area (Å²) < 4.78 is 0. The lowest BCUT2D eigenvalue weighted by molar-refractivity contribution is -0.122. The van der Waals surface area contributed by atoms with Crippen molar-refractivity contribution in [3.63, 3.8) is 0 Å². The van der Waals surface area contributed by atoms with Crippen molar-refractivity contribution < 1.29 is 4.79 Å². The average Bonchev–Trinajstić information content (AvgIpc) is 3.52. The molecule has 8 heteroatoms. The van der Waals surface area contributed by atoms with Crippen molar-refractivity contribution in [1.29, 1.82) is 0 Å². The zero-order valence-electron chi connectivity index (χ0n) is 19.9. The van der Waals surface area contributed by atoms with Crippen LogP contribution in [0.25, 0.3) is 55.7 Å². The van der Waals surface area contributed by atoms with E-state index in [1.165, 1.54) is 0 Å². The minimum atomic E-state index is 0.0789. The number of aromatic nitrogens is 6. The summed E-state index contributed by atoms with van der Waals surface area (Å²) >= 11 is 0. The van der Waals surface area contributed by atoms with Crippen LogP contribution in [-0.2, 0) is 4.79 Å². The summed E-state index contributed by atoms with van der Waals surface area (Å²) in [6.45, 7) is 0. The van der Waals surface area contributed by atoms with Crippen LogP contribution < -0.4 is 5.32 Å². The molecule has 1 fully saturated rings. The molecule has 0 saturated heterocycles. The number of H-pyrrole nitrogens is 2. The third kappa shape index (κ3) is 3.83. The molecule has 5 aromatic heterocycles. The molecule has 6 aromatic rings. The number of nitrogens with zero attached hydrogens (tertiary/aromatic N) is 4. The van der Waals surface area contributed by atoms with Crippen LogP contribution in [0.5, 0.6) is 0 Å². The Morgan fingerprint density at radius 3 is 2.70 bits per heavy atom. The number of aromatic amines is 2. The number of hydrogen-bond donors (Lipinski definition) is 3. The zero-order valence-corrected chi connectivity index (χ0v) is 19.9. The number of carbonyl (C=O) groups is 1. The largest absolute Gasteiger partial charge is 0.338 e. The number of nitrogens with one attached hydrogen (secondary N) is 3. The van der Waals surface area contributed by atoms with Crippen LogP contribution in [0, 0.1) is 5.92 Å². The van der Waals surface area contributed by atoms with E-state index in [-0.39, 0.29) is 11.8 Å². The number of fused-ring (bicyclic) bond motifs is 2. The fourth-order valence-corrected chi connectivity index (χ4v) is 4.88. The molecule has 0 bridgehead atoms. The van der Waals surface area contributed by atoms with Crippen LogP contribution >= 0.6 is 0 Å². The van der Waals surface area contributed by atoms with Crippen molar-refractivity contribution in [3.8, 4) is 33.8 Å². The van der Waals surface area contributed by atoms with Crippen molar-refractivity contribution in [2.24, 2.45) is 5.92 Å². The van der Waals surface area contributed by atoms with Crippen molar-refractivity contribution >= 4 is 33.5 Å². The second kappa shape index (κ2) is 8.67. The summed E-state index contributed by atoms with van der Waals surface area (Å²) in [5.74, 6) is 0.202. The molecule has 1 aromatic carbocycles. The van der Waals surface area contributed by atoms with Crippen LogP contribution in [0.1, 0.15) is 19.3 Å². The lowest BCUT2D eigenvalue weighted by Gasteiger charge is -2.24. The number of benzene rings is 1. The van der Waals surface area contributed by atoms with Gasteiger partial charge in [0.15, 0.2) is 0 Å². The van der Waals surface area contributed by atoms with E-state index in [9.17, 15) is 4.79 Å². The Kier molecular flexibility index (Phi) is 5.02. The highest BCUT2D eigenvalue weighted by atomic mass is 16.1. The second-order valence-electron chi connectivity index (χ2n) is 9.43. The Labute approximate surface area is 212 Å². The molecule has 1 amide bonds. The van der Waals surface area contributed by atoms with Gasteiger partial charge in [-0.15, -0.1) is 0 Å². The summed E-state index contributed by atoms with van der Waals surface area (Å²) in [6, 6.07) is 18.1. The van der Waals surface area contributed by atoms with Crippen molar-refractivity contribution in [1.82, 2.24) is 30.1 Å². The van der Waals surface area contributed by atoms with Gasteiger partial charge in [-0.3, -0.25) is 19.9 Å². The first-order chi connectivity index (χ1) is 18.2. The quantitative estimate of drug-likeness (QED) is 0.279. The van der Waals surface area contributed by atoms with Gasteiger partial charge in [0.05, 0.1) is 28.8 Å². The Balaban J connectivity index is 1.26. The van der Waals surface area contributed by atoms with Gasteiger partial charge in [-0.25, -0.2) is 4.98 Å². The van der Waals surface area contributed by atoms with Gasteiger partial charge in [0.25, 0.3) is 0 Å². The predicted molar refractivity (Wildman–Crippen MR) is 144 cm³/mol. The highest BCUT2D eigenvalue weighted by molar-refractivity contribution is 6.00. The molecular weight excluding hydrogens is 462 g/mol. The smallest absolute Gasteiger partial charge is 0.227 e. The van der Waals surface area contributed by atoms with E-state index in [1.807, 2.05) is 48.7 Å². The van der Waals surface area contributed by atoms with Gasteiger partial charge in [0, 0.05) is 46.4 Å². The van der Waals surface area contributed by atoms with Gasteiger partial charge >= 0.3 is 0 Å². The monoisotopic (exact) mass is 485 g/mol. The highest BCUT2D eigenvalue weighted by Gasteiger charge is 2.25. The van der Waals surface area contributed by atoms with Gasteiger partial charge in [-0.2, -0.15) is 5.10 Å². The normalized spacial score (nSPS) is 13.6. The molecule has 0 aliphatic heterocycles.